The second-order valence-corrected chi connectivity index (χ2v) is 12.6. The molecule has 0 bridgehead atoms. The molecule has 1 unspecified atom stereocenters. The molecule has 0 aliphatic carbocycles. The third kappa shape index (κ3) is 9.01. The van der Waals surface area contributed by atoms with Crippen LogP contribution in [0.3, 0.4) is 0 Å². The number of para-hydroxylation sites is 1. The summed E-state index contributed by atoms with van der Waals surface area (Å²) in [5.74, 6) is 0.257. The lowest BCUT2D eigenvalue weighted by molar-refractivity contribution is -0.140. The predicted molar refractivity (Wildman–Crippen MR) is 155 cm³/mol. The number of anilines is 1. The van der Waals surface area contributed by atoms with Gasteiger partial charge in [-0.3, -0.25) is 13.9 Å². The van der Waals surface area contributed by atoms with E-state index in [0.717, 1.165) is 10.6 Å². The number of nitrogens with zero attached hydrogens (tertiary/aromatic N) is 2. The molecule has 0 radical (unpaired) electrons. The molecule has 0 saturated heterocycles. The van der Waals surface area contributed by atoms with Gasteiger partial charge in [-0.1, -0.05) is 41.9 Å². The van der Waals surface area contributed by atoms with E-state index >= 15 is 0 Å². The second kappa shape index (κ2) is 12.5. The fourth-order valence-corrected chi connectivity index (χ4v) is 4.87. The molecule has 2 amide bonds. The van der Waals surface area contributed by atoms with E-state index in [-0.39, 0.29) is 12.5 Å². The van der Waals surface area contributed by atoms with E-state index in [1.165, 1.54) is 4.90 Å². The lowest BCUT2D eigenvalue weighted by Crippen LogP contribution is -2.54. The average Bonchev–Trinajstić information content (AvgIpc) is 2.85. The summed E-state index contributed by atoms with van der Waals surface area (Å²) >= 11 is 6.14. The van der Waals surface area contributed by atoms with Crippen LogP contribution >= 0.6 is 11.6 Å². The van der Waals surface area contributed by atoms with Crippen molar-refractivity contribution in [2.24, 2.45) is 0 Å². The number of halogens is 1. The van der Waals surface area contributed by atoms with Crippen LogP contribution in [-0.4, -0.2) is 49.5 Å². The molecule has 8 nitrogen and oxygen atoms in total. The van der Waals surface area contributed by atoms with Crippen LogP contribution in [0.1, 0.15) is 33.3 Å². The Morgan fingerprint density at radius 2 is 1.56 bits per heavy atom. The highest BCUT2D eigenvalue weighted by molar-refractivity contribution is 7.92. The number of hydrogen-bond acceptors (Lipinski definition) is 5. The van der Waals surface area contributed by atoms with Gasteiger partial charge in [-0.25, -0.2) is 8.42 Å². The molecule has 1 atom stereocenters. The molecule has 10 heteroatoms. The van der Waals surface area contributed by atoms with Crippen molar-refractivity contribution in [1.29, 1.82) is 0 Å². The molecule has 0 aliphatic rings. The molecule has 208 valence electrons. The molecule has 3 rings (SSSR count). The molecular formula is C29H34ClN3O5S. The monoisotopic (exact) mass is 571 g/mol. The van der Waals surface area contributed by atoms with Gasteiger partial charge in [-0.05, 0) is 81.8 Å². The maximum atomic E-state index is 13.7. The Balaban J connectivity index is 1.87. The Kier molecular flexibility index (Phi) is 9.63. The number of amides is 2. The highest BCUT2D eigenvalue weighted by Gasteiger charge is 2.31. The number of sulfonamides is 1. The van der Waals surface area contributed by atoms with Crippen molar-refractivity contribution in [3.05, 3.63) is 89.4 Å². The summed E-state index contributed by atoms with van der Waals surface area (Å²) in [4.78, 5) is 28.0. The Morgan fingerprint density at radius 1 is 0.949 bits per heavy atom. The first kappa shape index (κ1) is 30.0. The molecule has 0 spiro atoms. The van der Waals surface area contributed by atoms with Gasteiger partial charge in [0, 0.05) is 17.1 Å². The summed E-state index contributed by atoms with van der Waals surface area (Å²) in [5, 5.41) is 3.38. The lowest BCUT2D eigenvalue weighted by atomic mass is 10.1. The van der Waals surface area contributed by atoms with Crippen LogP contribution in [-0.2, 0) is 26.2 Å². The zero-order valence-electron chi connectivity index (χ0n) is 22.7. The first-order chi connectivity index (χ1) is 18.2. The van der Waals surface area contributed by atoms with E-state index in [0.29, 0.717) is 27.8 Å². The van der Waals surface area contributed by atoms with Crippen molar-refractivity contribution >= 4 is 39.1 Å². The highest BCUT2D eigenvalue weighted by Crippen LogP contribution is 2.26. The number of carbonyl (C=O) groups excluding carboxylic acids is 2. The smallest absolute Gasteiger partial charge is 0.244 e. The molecule has 0 aromatic heterocycles. The number of hydrogen-bond donors (Lipinski definition) is 1. The Bertz CT molecular complexity index is 1390. The van der Waals surface area contributed by atoms with Crippen molar-refractivity contribution < 1.29 is 22.7 Å². The Labute approximate surface area is 235 Å². The molecule has 3 aromatic carbocycles. The van der Waals surface area contributed by atoms with Crippen molar-refractivity contribution in [3.63, 3.8) is 0 Å². The van der Waals surface area contributed by atoms with Gasteiger partial charge >= 0.3 is 0 Å². The van der Waals surface area contributed by atoms with Gasteiger partial charge in [0.15, 0.2) is 0 Å². The van der Waals surface area contributed by atoms with Crippen LogP contribution in [0.25, 0.3) is 0 Å². The number of rotatable bonds is 10. The normalized spacial score (nSPS) is 12.4. The van der Waals surface area contributed by atoms with Crippen LogP contribution in [0.15, 0.2) is 78.9 Å². The van der Waals surface area contributed by atoms with Gasteiger partial charge in [0.2, 0.25) is 21.8 Å². The summed E-state index contributed by atoms with van der Waals surface area (Å²) in [6.45, 7) is 6.72. The fraction of sp³-hybridized carbons (Fsp3) is 0.310. The van der Waals surface area contributed by atoms with Crippen LogP contribution in [0, 0.1) is 0 Å². The van der Waals surface area contributed by atoms with Crippen molar-refractivity contribution in [2.75, 3.05) is 17.1 Å². The molecule has 39 heavy (non-hydrogen) atoms. The highest BCUT2D eigenvalue weighted by atomic mass is 35.5. The van der Waals surface area contributed by atoms with Crippen LogP contribution in [0.5, 0.6) is 11.5 Å². The summed E-state index contributed by atoms with van der Waals surface area (Å²) in [6.07, 6.45) is 1.03. The minimum Gasteiger partial charge on any atom is -0.457 e. The molecule has 0 heterocycles. The van der Waals surface area contributed by atoms with E-state index in [1.807, 2.05) is 39.0 Å². The average molecular weight is 572 g/mol. The quantitative estimate of drug-likeness (QED) is 0.359. The van der Waals surface area contributed by atoms with Gasteiger partial charge < -0.3 is 15.0 Å². The topological polar surface area (TPSA) is 96.0 Å². The van der Waals surface area contributed by atoms with Gasteiger partial charge in [-0.15, -0.1) is 0 Å². The summed E-state index contributed by atoms with van der Waals surface area (Å²) in [5.41, 5.74) is 0.485. The maximum Gasteiger partial charge on any atom is 0.244 e. The lowest BCUT2D eigenvalue weighted by Gasteiger charge is -2.33. The van der Waals surface area contributed by atoms with E-state index < -0.39 is 34.1 Å². The molecular weight excluding hydrogens is 538 g/mol. The van der Waals surface area contributed by atoms with E-state index in [9.17, 15) is 18.0 Å². The van der Waals surface area contributed by atoms with Gasteiger partial charge in [0.1, 0.15) is 24.1 Å². The summed E-state index contributed by atoms with van der Waals surface area (Å²) < 4.78 is 32.4. The fourth-order valence-electron chi connectivity index (χ4n) is 3.81. The zero-order valence-corrected chi connectivity index (χ0v) is 24.3. The van der Waals surface area contributed by atoms with Crippen LogP contribution in [0.4, 0.5) is 5.69 Å². The van der Waals surface area contributed by atoms with Gasteiger partial charge in [0.05, 0.1) is 11.9 Å². The predicted octanol–water partition coefficient (Wildman–Crippen LogP) is 5.23. The SMILES string of the molecule is CC(C(=O)NC(C)(C)C)N(Cc1cccc(Cl)c1)C(=O)CN(c1ccc(Oc2ccccc2)cc1)S(C)(=O)=O. The summed E-state index contributed by atoms with van der Waals surface area (Å²) in [7, 11) is -3.85. The minimum atomic E-state index is -3.85. The Morgan fingerprint density at radius 3 is 2.13 bits per heavy atom. The molecule has 0 aliphatic heterocycles. The first-order valence-electron chi connectivity index (χ1n) is 12.4. The number of nitrogens with one attached hydrogen (secondary N) is 1. The largest absolute Gasteiger partial charge is 0.457 e. The van der Waals surface area contributed by atoms with E-state index in [1.54, 1.807) is 67.6 Å². The van der Waals surface area contributed by atoms with E-state index in [2.05, 4.69) is 5.32 Å². The van der Waals surface area contributed by atoms with E-state index in [4.69, 9.17) is 16.3 Å². The zero-order chi connectivity index (χ0) is 28.8. The maximum absolute atomic E-state index is 13.7. The second-order valence-electron chi connectivity index (χ2n) is 10.2. The van der Waals surface area contributed by atoms with Crippen LogP contribution in [0.2, 0.25) is 5.02 Å². The molecule has 0 saturated carbocycles. The van der Waals surface area contributed by atoms with Crippen molar-refractivity contribution in [1.82, 2.24) is 10.2 Å². The van der Waals surface area contributed by atoms with Gasteiger partial charge in [0.25, 0.3) is 0 Å². The number of carbonyl (C=O) groups is 2. The standard InChI is InChI=1S/C29H34ClN3O5S/c1-21(28(35)31-29(2,3)4)32(19-22-10-9-11-23(30)18-22)27(34)20-33(39(5,36)37)24-14-16-26(17-15-24)38-25-12-7-6-8-13-25/h6-18,21H,19-20H2,1-5H3,(H,31,35). The third-order valence-corrected chi connectivity index (χ3v) is 7.07. The number of benzene rings is 3. The summed E-state index contributed by atoms with van der Waals surface area (Å²) in [6, 6.07) is 21.7. The molecule has 0 fully saturated rings. The molecule has 1 N–H and O–H groups in total. The van der Waals surface area contributed by atoms with Crippen molar-refractivity contribution in [3.8, 4) is 11.5 Å². The third-order valence-electron chi connectivity index (χ3n) is 5.69. The number of ether oxygens (including phenoxy) is 1. The minimum absolute atomic E-state index is 0.0690. The Hall–Kier alpha value is -3.56. The first-order valence-corrected chi connectivity index (χ1v) is 14.6. The van der Waals surface area contributed by atoms with Crippen LogP contribution < -0.4 is 14.4 Å². The molecule has 3 aromatic rings. The van der Waals surface area contributed by atoms with Crippen molar-refractivity contribution in [2.45, 2.75) is 45.8 Å². The van der Waals surface area contributed by atoms with Gasteiger partial charge in [-0.2, -0.15) is 0 Å².